The number of aryl methyl sites for hydroxylation is 2. The van der Waals surface area contributed by atoms with Gasteiger partial charge in [-0.2, -0.15) is 28.6 Å². The molecule has 40 heteroatoms. The third kappa shape index (κ3) is 35.2. The van der Waals surface area contributed by atoms with E-state index >= 15 is 0 Å². The Kier molecular flexibility index (Phi) is 43.5. The number of phenols is 1. The van der Waals surface area contributed by atoms with Crippen LogP contribution in [0.25, 0.3) is 21.3 Å². The molecule has 3 saturated heterocycles. The highest BCUT2D eigenvalue weighted by Crippen LogP contribution is 2.46. The minimum atomic E-state index is -3.00. The Morgan fingerprint density at radius 2 is 0.871 bits per heavy atom. The first-order valence-electron chi connectivity index (χ1n) is 39.7. The predicted octanol–water partition coefficient (Wildman–Crippen LogP) is 16.8. The van der Waals surface area contributed by atoms with Crippen LogP contribution in [0.3, 0.4) is 0 Å². The minimum absolute atomic E-state index is 0.0947. The summed E-state index contributed by atoms with van der Waals surface area (Å²) in [7, 11) is -0.524. The largest absolute Gasteiger partial charge is 0.508 e. The lowest BCUT2D eigenvalue weighted by molar-refractivity contribution is 0.00578. The maximum atomic E-state index is 11.3. The molecule has 3 N–H and O–H groups in total. The smallest absolute Gasteiger partial charge is 0.498 e. The van der Waals surface area contributed by atoms with Gasteiger partial charge < -0.3 is 86.1 Å². The van der Waals surface area contributed by atoms with E-state index in [9.17, 15) is 25.3 Å². The van der Waals surface area contributed by atoms with Crippen LogP contribution in [0.2, 0.25) is 0 Å². The van der Waals surface area contributed by atoms with E-state index in [4.69, 9.17) is 85.8 Å². The Hall–Kier alpha value is -5.95. The first-order valence-corrected chi connectivity index (χ1v) is 51.9. The molecule has 3 fully saturated rings. The first kappa shape index (κ1) is 109. The number of halogens is 3. The number of aliphatic hydroxyl groups excluding tert-OH is 1. The lowest BCUT2D eigenvalue weighted by Gasteiger charge is -2.32. The standard InChI is InChI=1S/C22H25N5O4S2.C17H27BO6S.C12H24B2O4.C11H15BrO4S.C11H15BrO2S.C7H7BrO2.C4H10OS/c1-14-20(17-7-6-16(10-18(17)30-3)31-8-5-9-33(4,28)29)21-19(32-14)12-23-22(26-21)25-15-11-24-27(2)13-15;1-16(2)17(3,4)24-18(23-16)14-9-8-13(12-15(14)21-5)22-10-7-11-25(6,19)20;1-9(2)10(3,4)16-13(15-9)14-17-11(5,6)12(7,8)18-14;1-15-11-8-9(4-5-10(11)12)16-6-3-7-17(2,13)14;1-13-11-8-9(4-5-10(11)12)14-6-3-7-15-2;1-10-7-4-5(9)2-3-6(7)8;1-6-4-2-3-5/h6-7,10-13H,5,8-9H2,1-4H3,(H,23,25,26);8-9,12H,7,10-11H2,1-6H3;1-8H3;4-5,8H,3,6-7H2,1-2H3;4-5,8H,3,6-7H2,1-2H3;2-4,9H,1H3;5H,2-4H2,1H3. The van der Waals surface area contributed by atoms with Crippen LogP contribution in [0.5, 0.6) is 57.5 Å². The molecule has 688 valence electrons. The number of hydrogen-bond acceptors (Lipinski definition) is 30. The molecule has 124 heavy (non-hydrogen) atoms. The molecule has 0 unspecified atom stereocenters. The van der Waals surface area contributed by atoms with Gasteiger partial charge in [0.1, 0.15) is 87.0 Å². The van der Waals surface area contributed by atoms with E-state index in [-0.39, 0.29) is 45.4 Å². The van der Waals surface area contributed by atoms with Crippen molar-refractivity contribution < 1.29 is 106 Å². The highest BCUT2D eigenvalue weighted by atomic mass is 79.9. The van der Waals surface area contributed by atoms with E-state index in [2.05, 4.69) is 69.4 Å². The summed E-state index contributed by atoms with van der Waals surface area (Å²) in [6.45, 7) is 28.3. The minimum Gasteiger partial charge on any atom is -0.508 e. The zero-order chi connectivity index (χ0) is 92.8. The normalized spacial score (nSPS) is 15.5. The molecule has 0 atom stereocenters. The molecule has 0 amide bonds. The van der Waals surface area contributed by atoms with E-state index in [1.807, 2.05) is 182 Å². The lowest BCUT2D eigenvalue weighted by atomic mass is 9.49. The number of sulfone groups is 3. The van der Waals surface area contributed by atoms with Crippen LogP contribution in [0.1, 0.15) is 120 Å². The fourth-order valence-electron chi connectivity index (χ4n) is 11.2. The van der Waals surface area contributed by atoms with E-state index < -0.39 is 61.9 Å². The number of aromatic hydroxyl groups is 1. The monoisotopic (exact) mass is 2030 g/mol. The topological polar surface area (TPSA) is 337 Å². The van der Waals surface area contributed by atoms with Crippen molar-refractivity contribution in [3.8, 4) is 68.6 Å². The number of phenolic OH excluding ortho intramolecular Hbond substituents is 1. The Labute approximate surface area is 773 Å². The summed E-state index contributed by atoms with van der Waals surface area (Å²) >= 11 is 15.2. The summed E-state index contributed by atoms with van der Waals surface area (Å²) < 4.78 is 157. The molecule has 0 radical (unpaired) electrons. The molecule has 0 aliphatic carbocycles. The number of thiophene rings is 1. The number of aliphatic hydroxyl groups is 1. The van der Waals surface area contributed by atoms with Crippen molar-refractivity contribution in [1.29, 1.82) is 0 Å². The zero-order valence-electron chi connectivity index (χ0n) is 75.6. The molecule has 3 aliphatic rings. The maximum Gasteiger partial charge on any atom is 0.498 e. The molecule has 3 aliphatic heterocycles. The molecule has 0 saturated carbocycles. The number of anilines is 2. The number of benzene rings is 5. The van der Waals surface area contributed by atoms with Gasteiger partial charge in [0, 0.05) is 90.4 Å². The maximum absolute atomic E-state index is 11.3. The molecular weight excluding hydrogens is 1910 g/mol. The summed E-state index contributed by atoms with van der Waals surface area (Å²) in [5.74, 6) is 9.40. The molecule has 6 heterocycles. The quantitative estimate of drug-likeness (QED) is 0.0254. The van der Waals surface area contributed by atoms with Gasteiger partial charge in [0.25, 0.3) is 0 Å². The zero-order valence-corrected chi connectivity index (χ0v) is 85.2. The second-order valence-corrected chi connectivity index (χ2v) is 44.3. The van der Waals surface area contributed by atoms with Crippen molar-refractivity contribution in [3.63, 3.8) is 0 Å². The number of aromatic nitrogens is 4. The van der Waals surface area contributed by atoms with Crippen molar-refractivity contribution in [2.24, 2.45) is 7.05 Å². The van der Waals surface area contributed by atoms with Gasteiger partial charge >= 0.3 is 21.1 Å². The molecule has 11 rings (SSSR count). The summed E-state index contributed by atoms with van der Waals surface area (Å²) in [5, 5.41) is 24.5. The predicted molar refractivity (Wildman–Crippen MR) is 513 cm³/mol. The van der Waals surface area contributed by atoms with Crippen molar-refractivity contribution in [2.45, 2.75) is 156 Å². The van der Waals surface area contributed by atoms with Crippen molar-refractivity contribution in [2.75, 3.05) is 134 Å². The Morgan fingerprint density at radius 3 is 1.25 bits per heavy atom. The molecule has 5 aromatic carbocycles. The Bertz CT molecular complexity index is 4950. The Morgan fingerprint density at radius 1 is 0.500 bits per heavy atom. The van der Waals surface area contributed by atoms with Crippen LogP contribution in [-0.2, 0) is 64.5 Å². The Balaban J connectivity index is 0.000000270. The van der Waals surface area contributed by atoms with Crippen molar-refractivity contribution in [1.82, 2.24) is 19.7 Å². The molecule has 8 aromatic rings. The number of hydrogen-bond donors (Lipinski definition) is 3. The van der Waals surface area contributed by atoms with Crippen LogP contribution in [0.15, 0.2) is 123 Å². The van der Waals surface area contributed by atoms with E-state index in [1.165, 1.54) is 18.8 Å². The van der Waals surface area contributed by atoms with Crippen LogP contribution < -0.4 is 53.4 Å². The molecular formula is C84H123B3Br3N5O23S6. The number of thioether (sulfide) groups is 2. The van der Waals surface area contributed by atoms with Gasteiger partial charge in [-0.3, -0.25) is 4.68 Å². The summed E-state index contributed by atoms with van der Waals surface area (Å²) in [6.07, 6.45) is 16.5. The van der Waals surface area contributed by atoms with Crippen LogP contribution in [-0.4, -0.2) is 239 Å². The van der Waals surface area contributed by atoms with Gasteiger partial charge in [0.15, 0.2) is 0 Å². The highest BCUT2D eigenvalue weighted by Gasteiger charge is 2.64. The molecule has 0 bridgehead atoms. The molecule has 3 aromatic heterocycles. The van der Waals surface area contributed by atoms with E-state index in [1.54, 1.807) is 106 Å². The second kappa shape index (κ2) is 49.7. The lowest BCUT2D eigenvalue weighted by Crippen LogP contribution is -2.41. The van der Waals surface area contributed by atoms with Gasteiger partial charge in [-0.15, -0.1) is 11.3 Å². The van der Waals surface area contributed by atoms with Crippen LogP contribution in [0.4, 0.5) is 11.6 Å². The van der Waals surface area contributed by atoms with E-state index in [0.29, 0.717) is 91.9 Å². The molecule has 0 spiro atoms. The SMILES string of the molecule is CC1(C)OB(B2OC(C)(C)C(C)(C)O2)OC1(C)C.COc1cc(O)ccc1Br.COc1cc(OCCCS(C)(=O)=O)ccc1-c1c(C)sc2cnc(Nc3cnn(C)c3)nc12.COc1cc(OCCCS(C)(=O)=O)ccc1B1OC(C)(C)C(C)(C)O1.COc1cc(OCCCS(C)(=O)=O)ccc1Br.COc1cc(OCCCSC)ccc1Br.CSCCCO. The third-order valence-corrected chi connectivity index (χ3v) is 27.4. The number of rotatable bonds is 33. The van der Waals surface area contributed by atoms with Crippen molar-refractivity contribution >= 4 is 161 Å². The summed E-state index contributed by atoms with van der Waals surface area (Å²) in [4.78, 5) is 10.3. The fourth-order valence-corrected chi connectivity index (χ4v) is 16.1. The van der Waals surface area contributed by atoms with Crippen LogP contribution in [0, 0.1) is 6.92 Å². The first-order chi connectivity index (χ1) is 57.9. The average molecular weight is 2040 g/mol. The third-order valence-electron chi connectivity index (χ3n) is 19.9. The van der Waals surface area contributed by atoms with Gasteiger partial charge in [0.2, 0.25) is 5.95 Å². The van der Waals surface area contributed by atoms with Gasteiger partial charge in [0.05, 0.1) is 155 Å². The number of nitrogens with zero attached hydrogens (tertiary/aromatic N) is 4. The number of fused-ring (bicyclic) bond motifs is 1. The number of nitrogens with one attached hydrogen (secondary N) is 1. The average Bonchev–Trinajstić information content (AvgIpc) is 1.60. The van der Waals surface area contributed by atoms with E-state index in [0.717, 1.165) is 93.2 Å². The summed E-state index contributed by atoms with van der Waals surface area (Å²) in [6, 6.07) is 27.0. The highest BCUT2D eigenvalue weighted by molar-refractivity contribution is 9.11. The molecule has 28 nitrogen and oxygen atoms in total. The second-order valence-electron chi connectivity index (χ2n) is 31.7. The number of methoxy groups -OCH3 is 5. The van der Waals surface area contributed by atoms with Gasteiger partial charge in [-0.05, 0) is 249 Å². The summed E-state index contributed by atoms with van der Waals surface area (Å²) in [5.41, 5.74) is 2.02. The van der Waals surface area contributed by atoms with Crippen molar-refractivity contribution in [3.05, 3.63) is 128 Å². The van der Waals surface area contributed by atoms with Crippen LogP contribution >= 0.6 is 82.7 Å². The number of ether oxygens (including phenoxy) is 9. The van der Waals surface area contributed by atoms with Gasteiger partial charge in [-0.1, -0.05) is 6.07 Å². The fraction of sp³-hybridized carbons (Fsp3) is 0.536. The van der Waals surface area contributed by atoms with Gasteiger partial charge in [-0.25, -0.2) is 35.2 Å².